The fourth-order valence-electron chi connectivity index (χ4n) is 3.01. The first-order chi connectivity index (χ1) is 13.6. The largest absolute Gasteiger partial charge is 0.459 e. The quantitative estimate of drug-likeness (QED) is 0.684. The van der Waals surface area contributed by atoms with Crippen LogP contribution in [0.15, 0.2) is 60.7 Å². The van der Waals surface area contributed by atoms with Gasteiger partial charge in [-0.05, 0) is 11.1 Å². The maximum Gasteiger partial charge on any atom is 0.335 e. The summed E-state index contributed by atoms with van der Waals surface area (Å²) in [7, 11) is 0. The molecule has 2 aromatic rings. The third-order valence-corrected chi connectivity index (χ3v) is 4.43. The lowest BCUT2D eigenvalue weighted by Gasteiger charge is -2.34. The highest BCUT2D eigenvalue weighted by atomic mass is 16.6. The van der Waals surface area contributed by atoms with E-state index >= 15 is 0 Å². The van der Waals surface area contributed by atoms with Crippen molar-refractivity contribution in [1.29, 1.82) is 0 Å². The Kier molecular flexibility index (Phi) is 7.17. The second kappa shape index (κ2) is 10.0. The predicted octanol–water partition coefficient (Wildman–Crippen LogP) is 3.04. The van der Waals surface area contributed by atoms with Crippen molar-refractivity contribution >= 4 is 11.9 Å². The molecule has 1 fully saturated rings. The Labute approximate surface area is 164 Å². The summed E-state index contributed by atoms with van der Waals surface area (Å²) in [6.07, 6.45) is -1.50. The van der Waals surface area contributed by atoms with Gasteiger partial charge in [0.2, 0.25) is 0 Å². The molecule has 0 aliphatic carbocycles. The molecule has 0 N–H and O–H groups in total. The van der Waals surface area contributed by atoms with Gasteiger partial charge in [-0.25, -0.2) is 4.79 Å². The molecule has 1 aliphatic heterocycles. The highest BCUT2D eigenvalue weighted by Gasteiger charge is 2.38. The minimum Gasteiger partial charge on any atom is -0.459 e. The normalized spacial score (nSPS) is 21.7. The van der Waals surface area contributed by atoms with Crippen LogP contribution in [0.5, 0.6) is 0 Å². The Hall–Kier alpha value is -2.70. The van der Waals surface area contributed by atoms with Gasteiger partial charge in [0.05, 0.1) is 13.2 Å². The Morgan fingerprint density at radius 1 is 0.929 bits per heavy atom. The molecule has 0 aromatic heterocycles. The first kappa shape index (κ1) is 20.0. The highest BCUT2D eigenvalue weighted by molar-refractivity contribution is 5.75. The molecule has 0 saturated carbocycles. The maximum atomic E-state index is 12.4. The van der Waals surface area contributed by atoms with E-state index in [9.17, 15) is 9.59 Å². The van der Waals surface area contributed by atoms with Gasteiger partial charge in [0.15, 0.2) is 12.2 Å². The third kappa shape index (κ3) is 5.90. The summed E-state index contributed by atoms with van der Waals surface area (Å²) in [6.45, 7) is 1.97. The number of hydrogen-bond acceptors (Lipinski definition) is 6. The fourth-order valence-corrected chi connectivity index (χ4v) is 3.01. The average Bonchev–Trinajstić information content (AvgIpc) is 2.72. The average molecular weight is 384 g/mol. The van der Waals surface area contributed by atoms with Crippen molar-refractivity contribution in [2.75, 3.05) is 6.61 Å². The summed E-state index contributed by atoms with van der Waals surface area (Å²) in [5.74, 6) is -0.856. The van der Waals surface area contributed by atoms with E-state index in [2.05, 4.69) is 0 Å². The Balaban J connectivity index is 1.57. The first-order valence-electron chi connectivity index (χ1n) is 9.26. The summed E-state index contributed by atoms with van der Waals surface area (Å²) in [5, 5.41) is 0. The number of ether oxygens (including phenoxy) is 4. The zero-order valence-corrected chi connectivity index (χ0v) is 15.8. The van der Waals surface area contributed by atoms with E-state index in [4.69, 9.17) is 18.9 Å². The molecule has 2 unspecified atom stereocenters. The van der Waals surface area contributed by atoms with Gasteiger partial charge in [-0.15, -0.1) is 0 Å². The number of hydrogen-bond donors (Lipinski definition) is 0. The topological polar surface area (TPSA) is 71.1 Å². The SMILES string of the molecule is CC(=O)OC1COC(C(=O)OCc2ccccc2)C[C@@H]1OCc1ccccc1. The van der Waals surface area contributed by atoms with Gasteiger partial charge in [-0.1, -0.05) is 60.7 Å². The fraction of sp³-hybridized carbons (Fsp3) is 0.364. The number of carbonyl (C=O) groups excluding carboxylic acids is 2. The van der Waals surface area contributed by atoms with E-state index < -0.39 is 30.3 Å². The van der Waals surface area contributed by atoms with Crippen molar-refractivity contribution in [3.8, 4) is 0 Å². The molecule has 2 aromatic carbocycles. The predicted molar refractivity (Wildman–Crippen MR) is 101 cm³/mol. The van der Waals surface area contributed by atoms with Crippen molar-refractivity contribution < 1.29 is 28.5 Å². The molecule has 0 spiro atoms. The monoisotopic (exact) mass is 384 g/mol. The smallest absolute Gasteiger partial charge is 0.335 e. The molecule has 0 bridgehead atoms. The van der Waals surface area contributed by atoms with Crippen LogP contribution in [0, 0.1) is 0 Å². The van der Waals surface area contributed by atoms with E-state index in [1.807, 2.05) is 60.7 Å². The minimum absolute atomic E-state index is 0.0874. The first-order valence-corrected chi connectivity index (χ1v) is 9.26. The molecular weight excluding hydrogens is 360 g/mol. The third-order valence-electron chi connectivity index (χ3n) is 4.43. The molecule has 0 radical (unpaired) electrons. The number of carbonyl (C=O) groups is 2. The van der Waals surface area contributed by atoms with Crippen molar-refractivity contribution in [3.63, 3.8) is 0 Å². The van der Waals surface area contributed by atoms with Crippen LogP contribution in [-0.2, 0) is 41.8 Å². The minimum atomic E-state index is -0.753. The van der Waals surface area contributed by atoms with Gasteiger partial charge < -0.3 is 18.9 Å². The molecular formula is C22H24O6. The van der Waals surface area contributed by atoms with Crippen molar-refractivity contribution in [1.82, 2.24) is 0 Å². The van der Waals surface area contributed by atoms with Crippen LogP contribution >= 0.6 is 0 Å². The summed E-state index contributed by atoms with van der Waals surface area (Å²) < 4.78 is 22.2. The van der Waals surface area contributed by atoms with E-state index in [0.29, 0.717) is 6.61 Å². The lowest BCUT2D eigenvalue weighted by molar-refractivity contribution is -0.194. The van der Waals surface area contributed by atoms with E-state index in [-0.39, 0.29) is 19.6 Å². The summed E-state index contributed by atoms with van der Waals surface area (Å²) >= 11 is 0. The van der Waals surface area contributed by atoms with Crippen LogP contribution in [0.25, 0.3) is 0 Å². The zero-order valence-electron chi connectivity index (χ0n) is 15.8. The summed E-state index contributed by atoms with van der Waals surface area (Å²) in [5.41, 5.74) is 1.90. The molecule has 28 heavy (non-hydrogen) atoms. The standard InChI is InChI=1S/C22H24O6/c1-16(23)28-21-15-26-20(22(24)27-14-18-10-6-3-7-11-18)12-19(21)25-13-17-8-4-2-5-9-17/h2-11,19-21H,12-15H2,1H3/t19-,20?,21?/m0/s1. The van der Waals surface area contributed by atoms with Crippen LogP contribution in [-0.4, -0.2) is 36.9 Å². The van der Waals surface area contributed by atoms with E-state index in [1.54, 1.807) is 0 Å². The Bertz CT molecular complexity index is 761. The molecule has 1 saturated heterocycles. The van der Waals surface area contributed by atoms with Crippen LogP contribution in [0.3, 0.4) is 0 Å². The van der Waals surface area contributed by atoms with Crippen LogP contribution < -0.4 is 0 Å². The lowest BCUT2D eigenvalue weighted by atomic mass is 10.0. The molecule has 6 heteroatoms. The number of rotatable bonds is 7. The van der Waals surface area contributed by atoms with E-state index in [1.165, 1.54) is 6.92 Å². The van der Waals surface area contributed by atoms with E-state index in [0.717, 1.165) is 11.1 Å². The van der Waals surface area contributed by atoms with Crippen LogP contribution in [0.4, 0.5) is 0 Å². The lowest BCUT2D eigenvalue weighted by Crippen LogP contribution is -2.47. The van der Waals surface area contributed by atoms with Crippen LogP contribution in [0.1, 0.15) is 24.5 Å². The number of benzene rings is 2. The highest BCUT2D eigenvalue weighted by Crippen LogP contribution is 2.23. The van der Waals surface area contributed by atoms with Crippen LogP contribution in [0.2, 0.25) is 0 Å². The van der Waals surface area contributed by atoms with Gasteiger partial charge >= 0.3 is 11.9 Å². The molecule has 0 amide bonds. The number of esters is 2. The Morgan fingerprint density at radius 3 is 2.14 bits per heavy atom. The van der Waals surface area contributed by atoms with Gasteiger partial charge in [-0.3, -0.25) is 4.79 Å². The molecule has 3 rings (SSSR count). The second-order valence-corrected chi connectivity index (χ2v) is 6.63. The molecule has 3 atom stereocenters. The summed E-state index contributed by atoms with van der Waals surface area (Å²) in [4.78, 5) is 23.8. The Morgan fingerprint density at radius 2 is 1.54 bits per heavy atom. The molecule has 1 aliphatic rings. The van der Waals surface area contributed by atoms with Gasteiger partial charge in [0.25, 0.3) is 0 Å². The van der Waals surface area contributed by atoms with Crippen molar-refractivity contribution in [2.45, 2.75) is 44.9 Å². The molecule has 1 heterocycles. The van der Waals surface area contributed by atoms with Gasteiger partial charge in [0, 0.05) is 13.3 Å². The second-order valence-electron chi connectivity index (χ2n) is 6.63. The maximum absolute atomic E-state index is 12.4. The van der Waals surface area contributed by atoms with Gasteiger partial charge in [0.1, 0.15) is 12.7 Å². The zero-order chi connectivity index (χ0) is 19.8. The molecule has 148 valence electrons. The summed E-state index contributed by atoms with van der Waals surface area (Å²) in [6, 6.07) is 19.1. The van der Waals surface area contributed by atoms with Crippen molar-refractivity contribution in [2.24, 2.45) is 0 Å². The van der Waals surface area contributed by atoms with Gasteiger partial charge in [-0.2, -0.15) is 0 Å². The van der Waals surface area contributed by atoms with Crippen molar-refractivity contribution in [3.05, 3.63) is 71.8 Å². The molecule has 6 nitrogen and oxygen atoms in total.